The Morgan fingerprint density at radius 2 is 2.02 bits per heavy atom. The lowest BCUT2D eigenvalue weighted by molar-refractivity contribution is -0.159. The molecule has 2 N–H and O–H groups in total. The molecule has 0 aliphatic carbocycles. The molecule has 41 heavy (non-hydrogen) atoms. The van der Waals surface area contributed by atoms with E-state index in [2.05, 4.69) is 18.5 Å². The number of benzene rings is 1. The summed E-state index contributed by atoms with van der Waals surface area (Å²) in [5, 5.41) is 12.3. The van der Waals surface area contributed by atoms with Gasteiger partial charge in [0.25, 0.3) is 0 Å². The molecule has 10 nitrogen and oxygen atoms in total. The first kappa shape index (κ1) is 30.5. The van der Waals surface area contributed by atoms with Crippen molar-refractivity contribution in [1.29, 1.82) is 0 Å². The highest BCUT2D eigenvalue weighted by Gasteiger charge is 2.75. The second-order valence-corrected chi connectivity index (χ2v) is 11.0. The van der Waals surface area contributed by atoms with E-state index in [-0.39, 0.29) is 44.0 Å². The van der Waals surface area contributed by atoms with Gasteiger partial charge >= 0.3 is 5.97 Å². The number of nitrogens with zero attached hydrogens (tertiary/aromatic N) is 2. The van der Waals surface area contributed by atoms with E-state index in [0.29, 0.717) is 38.6 Å². The lowest BCUT2D eigenvalue weighted by Gasteiger charge is -2.36. The van der Waals surface area contributed by atoms with Crippen molar-refractivity contribution in [2.24, 2.45) is 11.8 Å². The van der Waals surface area contributed by atoms with Crippen molar-refractivity contribution in [3.05, 3.63) is 61.2 Å². The van der Waals surface area contributed by atoms with Crippen molar-refractivity contribution >= 4 is 23.7 Å². The highest BCUT2D eigenvalue weighted by atomic mass is 16.6. The fraction of sp³-hybridized carbons (Fsp3) is 0.548. The van der Waals surface area contributed by atoms with Crippen LogP contribution >= 0.6 is 0 Å². The molecular formula is C31H41N3O7. The molecule has 3 amide bonds. The first-order chi connectivity index (χ1) is 19.8. The largest absolute Gasteiger partial charge is 0.460 e. The number of likely N-dealkylation sites (tertiary alicyclic amines) is 1. The van der Waals surface area contributed by atoms with Gasteiger partial charge in [0.15, 0.2) is 0 Å². The fourth-order valence-corrected chi connectivity index (χ4v) is 6.44. The van der Waals surface area contributed by atoms with Gasteiger partial charge in [0, 0.05) is 32.7 Å². The van der Waals surface area contributed by atoms with Crippen LogP contribution in [-0.2, 0) is 35.2 Å². The van der Waals surface area contributed by atoms with E-state index in [1.807, 2.05) is 30.3 Å². The molecule has 222 valence electrons. The molecule has 3 saturated heterocycles. The minimum Gasteiger partial charge on any atom is -0.460 e. The van der Waals surface area contributed by atoms with Crippen LogP contribution in [0, 0.1) is 11.8 Å². The van der Waals surface area contributed by atoms with Crippen LogP contribution in [0.15, 0.2) is 55.6 Å². The first-order valence-corrected chi connectivity index (χ1v) is 14.4. The zero-order valence-electron chi connectivity index (χ0n) is 23.7. The zero-order chi connectivity index (χ0) is 29.6. The molecule has 6 atom stereocenters. The Hall–Kier alpha value is -3.50. The van der Waals surface area contributed by atoms with Crippen LogP contribution in [0.5, 0.6) is 0 Å². The van der Waals surface area contributed by atoms with Gasteiger partial charge in [-0.2, -0.15) is 0 Å². The number of rotatable bonds is 15. The van der Waals surface area contributed by atoms with Gasteiger partial charge in [0.2, 0.25) is 17.7 Å². The Bertz CT molecular complexity index is 1140. The molecule has 10 heteroatoms. The summed E-state index contributed by atoms with van der Waals surface area (Å²) in [6.07, 6.45) is 4.28. The number of ether oxygens (including phenoxy) is 2. The summed E-state index contributed by atoms with van der Waals surface area (Å²) in [6, 6.07) is 8.64. The van der Waals surface area contributed by atoms with Crippen LogP contribution in [-0.4, -0.2) is 88.7 Å². The van der Waals surface area contributed by atoms with Crippen LogP contribution in [0.2, 0.25) is 0 Å². The Morgan fingerprint density at radius 3 is 2.71 bits per heavy atom. The third-order valence-electron chi connectivity index (χ3n) is 8.22. The molecule has 0 unspecified atom stereocenters. The maximum atomic E-state index is 14.2. The lowest BCUT2D eigenvalue weighted by Crippen LogP contribution is -2.56. The number of nitrogens with one attached hydrogen (secondary N) is 1. The van der Waals surface area contributed by atoms with Crippen molar-refractivity contribution in [3.8, 4) is 0 Å². The van der Waals surface area contributed by atoms with Gasteiger partial charge in [-0.25, -0.2) is 0 Å². The van der Waals surface area contributed by atoms with E-state index in [9.17, 15) is 24.3 Å². The number of amides is 3. The van der Waals surface area contributed by atoms with E-state index >= 15 is 0 Å². The first-order valence-electron chi connectivity index (χ1n) is 14.4. The topological polar surface area (TPSA) is 125 Å². The van der Waals surface area contributed by atoms with Crippen LogP contribution in [0.4, 0.5) is 0 Å². The van der Waals surface area contributed by atoms with Crippen molar-refractivity contribution in [3.63, 3.8) is 0 Å². The number of hydrogen-bond donors (Lipinski definition) is 2. The van der Waals surface area contributed by atoms with Crippen molar-refractivity contribution in [2.75, 3.05) is 26.2 Å². The standard InChI is InChI=1S/C31H41N3O7/c1-4-6-13-24(36)32-19-21(3)40-30(39)25-23-14-15-31(41-23)26(25)28(37)34(17-10-18-35)27(31)29(38)33(16-5-2)20-22-11-8-7-9-12-22/h4-5,7-9,11-12,21,23,25-27,35H,1-2,6,10,13-20H2,3H3,(H,32,36)/t21-,23-,25+,26+,27-,31+/m0/s1. The predicted molar refractivity (Wildman–Crippen MR) is 151 cm³/mol. The van der Waals surface area contributed by atoms with Gasteiger partial charge in [0.05, 0.1) is 24.5 Å². The molecular weight excluding hydrogens is 526 g/mol. The van der Waals surface area contributed by atoms with E-state index in [1.165, 1.54) is 4.90 Å². The Labute approximate surface area is 241 Å². The van der Waals surface area contributed by atoms with Crippen molar-refractivity contribution < 1.29 is 33.8 Å². The third-order valence-corrected chi connectivity index (χ3v) is 8.22. The number of aliphatic hydroxyl groups excluding tert-OH is 1. The quantitative estimate of drug-likeness (QED) is 0.245. The van der Waals surface area contributed by atoms with Crippen molar-refractivity contribution in [2.45, 2.75) is 69.4 Å². The van der Waals surface area contributed by atoms with E-state index in [1.54, 1.807) is 24.0 Å². The maximum Gasteiger partial charge on any atom is 0.312 e. The maximum absolute atomic E-state index is 14.2. The summed E-state index contributed by atoms with van der Waals surface area (Å²) in [6.45, 7) is 9.88. The molecule has 0 saturated carbocycles. The molecule has 2 bridgehead atoms. The van der Waals surface area contributed by atoms with Crippen LogP contribution in [0.3, 0.4) is 0 Å². The third kappa shape index (κ3) is 6.23. The molecule has 1 aromatic carbocycles. The number of aliphatic hydroxyl groups is 1. The molecule has 0 aromatic heterocycles. The monoisotopic (exact) mass is 567 g/mol. The van der Waals surface area contributed by atoms with Gasteiger partial charge in [-0.05, 0) is 38.2 Å². The van der Waals surface area contributed by atoms with Gasteiger partial charge < -0.3 is 29.7 Å². The molecule has 0 radical (unpaired) electrons. The summed E-state index contributed by atoms with van der Waals surface area (Å²) >= 11 is 0. The second-order valence-electron chi connectivity index (χ2n) is 11.0. The number of allylic oxidation sites excluding steroid dienone is 1. The number of carbonyl (C=O) groups excluding carboxylic acids is 4. The number of fused-ring (bicyclic) bond motifs is 1. The smallest absolute Gasteiger partial charge is 0.312 e. The van der Waals surface area contributed by atoms with Gasteiger partial charge in [-0.15, -0.1) is 13.2 Å². The zero-order valence-corrected chi connectivity index (χ0v) is 23.7. The minimum absolute atomic E-state index is 0.142. The highest BCUT2D eigenvalue weighted by molar-refractivity contribution is 5.98. The molecule has 1 aromatic rings. The molecule has 3 aliphatic heterocycles. The molecule has 4 rings (SSSR count). The SMILES string of the molecule is C=CCCC(=O)NC[C@H](C)OC(=O)[C@@H]1[C@@H]2CC[C@]3(O2)[C@H](C(=O)N(CC=C)Cc2ccccc2)N(CCCO)C(=O)[C@@H]13. The van der Waals surface area contributed by atoms with E-state index < -0.39 is 41.7 Å². The van der Waals surface area contributed by atoms with E-state index in [4.69, 9.17) is 9.47 Å². The summed E-state index contributed by atoms with van der Waals surface area (Å²) in [4.78, 5) is 56.8. The van der Waals surface area contributed by atoms with Gasteiger partial charge in [-0.3, -0.25) is 19.2 Å². The van der Waals surface area contributed by atoms with Crippen molar-refractivity contribution in [1.82, 2.24) is 15.1 Å². The van der Waals surface area contributed by atoms with Crippen LogP contribution in [0.25, 0.3) is 0 Å². The Kier molecular flexibility index (Phi) is 9.99. The average molecular weight is 568 g/mol. The normalized spacial score (nSPS) is 26.8. The molecule has 3 aliphatic rings. The van der Waals surface area contributed by atoms with Crippen LogP contribution < -0.4 is 5.32 Å². The lowest BCUT2D eigenvalue weighted by atomic mass is 9.70. The second kappa shape index (κ2) is 13.4. The fourth-order valence-electron chi connectivity index (χ4n) is 6.44. The summed E-state index contributed by atoms with van der Waals surface area (Å²) in [5.74, 6) is -3.05. The number of esters is 1. The van der Waals surface area contributed by atoms with Crippen LogP contribution in [0.1, 0.15) is 44.6 Å². The summed E-state index contributed by atoms with van der Waals surface area (Å²) < 4.78 is 12.2. The number of hydrogen-bond acceptors (Lipinski definition) is 7. The highest BCUT2D eigenvalue weighted by Crippen LogP contribution is 2.58. The minimum atomic E-state index is -1.16. The Morgan fingerprint density at radius 1 is 1.27 bits per heavy atom. The van der Waals surface area contributed by atoms with Gasteiger partial charge in [-0.1, -0.05) is 42.5 Å². The average Bonchev–Trinajstić information content (AvgIpc) is 3.61. The summed E-state index contributed by atoms with van der Waals surface area (Å²) in [5.41, 5.74) is -0.220. The number of carbonyl (C=O) groups is 4. The predicted octanol–water partition coefficient (Wildman–Crippen LogP) is 1.97. The molecule has 3 heterocycles. The van der Waals surface area contributed by atoms with E-state index in [0.717, 1.165) is 5.56 Å². The Balaban J connectivity index is 1.55. The molecule has 3 fully saturated rings. The summed E-state index contributed by atoms with van der Waals surface area (Å²) in [7, 11) is 0. The van der Waals surface area contributed by atoms with Gasteiger partial charge in [0.1, 0.15) is 17.7 Å². The molecule has 1 spiro atoms.